The van der Waals surface area contributed by atoms with Gasteiger partial charge in [-0.3, -0.25) is 0 Å². The smallest absolute Gasteiger partial charge is 0.164 e. The molecule has 0 radical (unpaired) electrons. The van der Waals surface area contributed by atoms with Crippen LogP contribution in [0.5, 0.6) is 23.0 Å². The van der Waals surface area contributed by atoms with Crippen LogP contribution in [0, 0.1) is 0 Å². The molecule has 494 valence electrons. The molecule has 2 aromatic heterocycles. The van der Waals surface area contributed by atoms with Gasteiger partial charge in [-0.15, -0.1) is 0 Å². The molecule has 4 aliphatic rings. The van der Waals surface area contributed by atoms with Gasteiger partial charge in [0.05, 0.1) is 10.8 Å². The molecule has 2 spiro atoms. The molecule has 0 N–H and O–H groups in total. The van der Waals surface area contributed by atoms with Crippen molar-refractivity contribution in [1.82, 2.24) is 29.9 Å². The summed E-state index contributed by atoms with van der Waals surface area (Å²) in [4.78, 5) is 31.1. The molecule has 17 aromatic rings. The van der Waals surface area contributed by atoms with Gasteiger partial charge >= 0.3 is 0 Å². The molecule has 1 unspecified atom stereocenters. The summed E-state index contributed by atoms with van der Waals surface area (Å²) in [6.07, 6.45) is 0. The Hall–Kier alpha value is -14.1. The molecule has 0 fully saturated rings. The van der Waals surface area contributed by atoms with Gasteiger partial charge < -0.3 is 9.47 Å². The second kappa shape index (κ2) is 24.3. The van der Waals surface area contributed by atoms with Gasteiger partial charge in [0.2, 0.25) is 0 Å². The lowest BCUT2D eigenvalue weighted by Gasteiger charge is -2.40. The van der Waals surface area contributed by atoms with Gasteiger partial charge in [0.15, 0.2) is 34.9 Å². The van der Waals surface area contributed by atoms with Gasteiger partial charge in [-0.05, 0) is 102 Å². The van der Waals surface area contributed by atoms with Crippen LogP contribution < -0.4 is 9.47 Å². The van der Waals surface area contributed by atoms with E-state index in [0.29, 0.717) is 34.9 Å². The van der Waals surface area contributed by atoms with Crippen LogP contribution in [0.25, 0.3) is 135 Å². The lowest BCUT2D eigenvalue weighted by atomic mass is 9.65. The van der Waals surface area contributed by atoms with Crippen molar-refractivity contribution in [2.75, 3.05) is 0 Å². The Kier molecular flexibility index (Phi) is 13.9. The summed E-state index contributed by atoms with van der Waals surface area (Å²) in [5.41, 5.74) is 26.6. The number of aromatic nitrogens is 6. The van der Waals surface area contributed by atoms with Crippen molar-refractivity contribution in [2.24, 2.45) is 0 Å². The highest BCUT2D eigenvalue weighted by Gasteiger charge is 2.53. The van der Waals surface area contributed by atoms with E-state index in [1.807, 2.05) is 54.6 Å². The molecule has 0 amide bonds. The van der Waals surface area contributed by atoms with E-state index in [1.54, 1.807) is 0 Å². The summed E-state index contributed by atoms with van der Waals surface area (Å²) < 4.78 is 14.3. The Morgan fingerprint density at radius 1 is 0.160 bits per heavy atom. The van der Waals surface area contributed by atoms with Crippen molar-refractivity contribution in [3.8, 4) is 158 Å². The van der Waals surface area contributed by atoms with Crippen LogP contribution >= 0.6 is 0 Å². The highest BCUT2D eigenvalue weighted by molar-refractivity contribution is 5.94. The molecule has 0 saturated heterocycles. The fourth-order valence-corrected chi connectivity index (χ4v) is 17.0. The molecule has 0 saturated carbocycles. The minimum Gasteiger partial charge on any atom is -0.456 e. The van der Waals surface area contributed by atoms with Gasteiger partial charge in [-0.25, -0.2) is 29.9 Å². The Labute approximate surface area is 613 Å². The van der Waals surface area contributed by atoms with E-state index in [4.69, 9.17) is 39.4 Å². The van der Waals surface area contributed by atoms with Crippen molar-refractivity contribution < 1.29 is 9.47 Å². The van der Waals surface area contributed by atoms with E-state index in [-0.39, 0.29) is 0 Å². The third kappa shape index (κ3) is 9.48. The van der Waals surface area contributed by atoms with Gasteiger partial charge in [0.1, 0.15) is 23.0 Å². The van der Waals surface area contributed by atoms with E-state index >= 15 is 0 Å². The van der Waals surface area contributed by atoms with Crippen molar-refractivity contribution >= 4 is 0 Å². The minimum absolute atomic E-state index is 0.568. The third-order valence-electron chi connectivity index (χ3n) is 21.8. The molecule has 8 nitrogen and oxygen atoms in total. The molecule has 2 aliphatic heterocycles. The second-order valence-corrected chi connectivity index (χ2v) is 27.5. The zero-order valence-corrected chi connectivity index (χ0v) is 57.1. The van der Waals surface area contributed by atoms with E-state index in [2.05, 4.69) is 309 Å². The molecule has 15 aromatic carbocycles. The Morgan fingerprint density at radius 3 is 0.868 bits per heavy atom. The summed E-state index contributed by atoms with van der Waals surface area (Å²) >= 11 is 0. The lowest BCUT2D eigenvalue weighted by molar-refractivity contribution is 0.438. The number of benzene rings is 15. The van der Waals surface area contributed by atoms with Crippen molar-refractivity contribution in [1.29, 1.82) is 0 Å². The Bertz CT molecular complexity index is 6340. The largest absolute Gasteiger partial charge is 0.456 e. The molecule has 8 heteroatoms. The maximum absolute atomic E-state index is 7.21. The summed E-state index contributed by atoms with van der Waals surface area (Å²) in [6, 6.07) is 129. The minimum atomic E-state index is -0.715. The van der Waals surface area contributed by atoms with E-state index in [9.17, 15) is 0 Å². The van der Waals surface area contributed by atoms with Crippen LogP contribution in [-0.2, 0) is 10.8 Å². The van der Waals surface area contributed by atoms with Crippen LogP contribution in [0.15, 0.2) is 364 Å². The molecule has 21 rings (SSSR count). The summed E-state index contributed by atoms with van der Waals surface area (Å²) in [5, 5.41) is 0. The van der Waals surface area contributed by atoms with Crippen LogP contribution in [0.3, 0.4) is 0 Å². The van der Waals surface area contributed by atoms with Crippen LogP contribution in [0.1, 0.15) is 44.5 Å². The third-order valence-corrected chi connectivity index (χ3v) is 21.8. The molecule has 106 heavy (non-hydrogen) atoms. The monoisotopic (exact) mass is 1350 g/mol. The average Bonchev–Trinajstić information content (AvgIpc) is 1.49. The number of ether oxygens (including phenoxy) is 2. The first-order valence-electron chi connectivity index (χ1n) is 35.9. The molecule has 0 bridgehead atoms. The summed E-state index contributed by atoms with van der Waals surface area (Å²) in [6.45, 7) is 0. The lowest BCUT2D eigenvalue weighted by Crippen LogP contribution is -2.32. The van der Waals surface area contributed by atoms with Gasteiger partial charge in [-0.1, -0.05) is 340 Å². The fourth-order valence-electron chi connectivity index (χ4n) is 17.0. The number of para-hydroxylation sites is 4. The quantitative estimate of drug-likeness (QED) is 0.134. The first-order valence-corrected chi connectivity index (χ1v) is 35.9. The standard InChI is InChI=1S/C98H60N6O2/c1-4-23-61(24-5-1)62-45-51-67(52-46-62)93-99-91(65-25-6-2-7-26-65)100-94(102-93)68-53-47-64(48-54-68)74-35-22-42-86-90(74)106-88-44-19-17-40-84(88)98(86)81-38-15-12-33-77(81)78-60-71(57-58-82(78)98)70-29-20-30-72(59-70)96-103-92(66-27-8-3-9-28-66)101-95(104-96)69-55-49-63(50-56-69)73-34-21-41-85-89(73)105-87-43-18-16-39-83(87)97(85)79-36-13-10-31-75(79)76-32-11-14-37-80(76)97/h1-60H. The van der Waals surface area contributed by atoms with Crippen LogP contribution in [0.4, 0.5) is 0 Å². The highest BCUT2D eigenvalue weighted by Crippen LogP contribution is 2.65. The molecular formula is C98H60N6O2. The average molecular weight is 1350 g/mol. The summed E-state index contributed by atoms with van der Waals surface area (Å²) in [7, 11) is 0. The van der Waals surface area contributed by atoms with Gasteiger partial charge in [0, 0.05) is 66.8 Å². The zero-order chi connectivity index (χ0) is 69.9. The number of hydrogen-bond acceptors (Lipinski definition) is 8. The first kappa shape index (κ1) is 60.7. The maximum Gasteiger partial charge on any atom is 0.164 e. The van der Waals surface area contributed by atoms with Crippen LogP contribution in [-0.4, -0.2) is 29.9 Å². The first-order chi connectivity index (χ1) is 52.5. The number of fused-ring (bicyclic) bond motifs is 18. The predicted molar refractivity (Wildman–Crippen MR) is 422 cm³/mol. The maximum atomic E-state index is 7.21. The van der Waals surface area contributed by atoms with E-state index in [0.717, 1.165) is 129 Å². The molecular weight excluding hydrogens is 1290 g/mol. The SMILES string of the molecule is c1ccc(-c2ccc(-c3nc(-c4ccccc4)nc(-c4ccc(-c5cccc6c5Oc5ccccc5C65c6ccccc6-c6cc(-c7cccc(-c8nc(-c9ccccc9)nc(-c9ccc(-c%10cccc%11c%10Oc%10ccccc%10C%11%10c%11ccccc%11-c%11ccccc%11%10)cc9)n8)c7)ccc65)cc4)n3)cc2)cc1. The normalized spacial score (nSPS) is 14.1. The van der Waals surface area contributed by atoms with Crippen molar-refractivity contribution in [2.45, 2.75) is 10.8 Å². The number of rotatable bonds is 10. The predicted octanol–water partition coefficient (Wildman–Crippen LogP) is 23.7. The number of hydrogen-bond donors (Lipinski definition) is 0. The van der Waals surface area contributed by atoms with E-state index in [1.165, 1.54) is 38.9 Å². The molecule has 4 heterocycles. The van der Waals surface area contributed by atoms with Gasteiger partial charge in [0.25, 0.3) is 0 Å². The van der Waals surface area contributed by atoms with E-state index < -0.39 is 10.8 Å². The zero-order valence-electron chi connectivity index (χ0n) is 57.1. The fraction of sp³-hybridized carbons (Fsp3) is 0.0204. The van der Waals surface area contributed by atoms with Gasteiger partial charge in [-0.2, -0.15) is 0 Å². The summed E-state index contributed by atoms with van der Waals surface area (Å²) in [5.74, 6) is 6.87. The topological polar surface area (TPSA) is 95.8 Å². The molecule has 2 aliphatic carbocycles. The van der Waals surface area contributed by atoms with Crippen molar-refractivity contribution in [3.63, 3.8) is 0 Å². The Morgan fingerprint density at radius 2 is 0.425 bits per heavy atom. The van der Waals surface area contributed by atoms with Crippen LogP contribution in [0.2, 0.25) is 0 Å². The highest BCUT2D eigenvalue weighted by atomic mass is 16.5. The number of nitrogens with zero attached hydrogens (tertiary/aromatic N) is 6. The second-order valence-electron chi connectivity index (χ2n) is 27.5. The Balaban J connectivity index is 0.628. The van der Waals surface area contributed by atoms with Crippen molar-refractivity contribution in [3.05, 3.63) is 408 Å². The molecule has 1 atom stereocenters.